The second-order valence-corrected chi connectivity index (χ2v) is 7.74. The zero-order valence-electron chi connectivity index (χ0n) is 15.1. The molecule has 0 fully saturated rings. The summed E-state index contributed by atoms with van der Waals surface area (Å²) in [6.45, 7) is 3.71. The summed E-state index contributed by atoms with van der Waals surface area (Å²) in [4.78, 5) is 13.1. The largest absolute Gasteiger partial charge is 0.497 e. The minimum atomic E-state index is -3.64. The van der Waals surface area contributed by atoms with Crippen molar-refractivity contribution in [3.63, 3.8) is 0 Å². The number of amides is 1. The van der Waals surface area contributed by atoms with Gasteiger partial charge in [0.15, 0.2) is 0 Å². The number of carbonyl (C=O) groups is 1. The normalized spacial score (nSPS) is 11.6. The number of nitrogens with zero attached hydrogens (tertiary/aromatic N) is 2. The molecular formula is C16H26N2O5S. The summed E-state index contributed by atoms with van der Waals surface area (Å²) >= 11 is 0. The van der Waals surface area contributed by atoms with Crippen molar-refractivity contribution < 1.29 is 22.7 Å². The molecule has 0 radical (unpaired) electrons. The van der Waals surface area contributed by atoms with E-state index in [1.165, 1.54) is 16.3 Å². The molecule has 7 nitrogen and oxygen atoms in total. The van der Waals surface area contributed by atoms with Crippen LogP contribution in [0.1, 0.15) is 11.1 Å². The van der Waals surface area contributed by atoms with Gasteiger partial charge in [-0.2, -0.15) is 4.31 Å². The number of hydrogen-bond donors (Lipinski definition) is 0. The molecule has 24 heavy (non-hydrogen) atoms. The second-order valence-electron chi connectivity index (χ2n) is 5.76. The molecular weight excluding hydrogens is 332 g/mol. The fourth-order valence-electron chi connectivity index (χ4n) is 2.19. The highest BCUT2D eigenvalue weighted by molar-refractivity contribution is 7.89. The third kappa shape index (κ3) is 4.93. The minimum absolute atomic E-state index is 0.0680. The summed E-state index contributed by atoms with van der Waals surface area (Å²) in [6.07, 6.45) is 0. The number of ether oxygens (including phenoxy) is 2. The SMILES string of the molecule is COc1cc(C)c(S(=O)(=O)N(C)CCOCC(=O)N(C)C)c(C)c1. The van der Waals surface area contributed by atoms with E-state index in [0.29, 0.717) is 16.9 Å². The lowest BCUT2D eigenvalue weighted by Crippen LogP contribution is -2.33. The number of rotatable bonds is 8. The van der Waals surface area contributed by atoms with Crippen LogP contribution in [0.15, 0.2) is 17.0 Å². The number of sulfonamides is 1. The molecule has 0 spiro atoms. The summed E-state index contributed by atoms with van der Waals surface area (Å²) in [5, 5.41) is 0. The molecule has 8 heteroatoms. The number of hydrogen-bond acceptors (Lipinski definition) is 5. The van der Waals surface area contributed by atoms with E-state index in [9.17, 15) is 13.2 Å². The van der Waals surface area contributed by atoms with Crippen LogP contribution in [-0.2, 0) is 19.6 Å². The Kier molecular flexibility index (Phi) is 7.19. The Morgan fingerprint density at radius 3 is 2.12 bits per heavy atom. The molecule has 0 aliphatic rings. The Hall–Kier alpha value is -1.64. The summed E-state index contributed by atoms with van der Waals surface area (Å²) in [7, 11) is 2.67. The van der Waals surface area contributed by atoms with Gasteiger partial charge >= 0.3 is 0 Å². The van der Waals surface area contributed by atoms with Gasteiger partial charge < -0.3 is 14.4 Å². The predicted octanol–water partition coefficient (Wildman–Crippen LogP) is 1.04. The molecule has 1 rings (SSSR count). The van der Waals surface area contributed by atoms with Gasteiger partial charge in [-0.25, -0.2) is 8.42 Å². The zero-order chi connectivity index (χ0) is 18.5. The Morgan fingerprint density at radius 2 is 1.67 bits per heavy atom. The molecule has 0 bridgehead atoms. The quantitative estimate of drug-likeness (QED) is 0.649. The van der Waals surface area contributed by atoms with Gasteiger partial charge in [-0.05, 0) is 37.1 Å². The Balaban J connectivity index is 2.80. The van der Waals surface area contributed by atoms with Crippen LogP contribution in [0.25, 0.3) is 0 Å². The van der Waals surface area contributed by atoms with Crippen molar-refractivity contribution in [1.82, 2.24) is 9.21 Å². The monoisotopic (exact) mass is 358 g/mol. The first-order valence-electron chi connectivity index (χ1n) is 7.50. The highest BCUT2D eigenvalue weighted by Crippen LogP contribution is 2.27. The van der Waals surface area contributed by atoms with E-state index in [-0.39, 0.29) is 30.6 Å². The van der Waals surface area contributed by atoms with Crippen LogP contribution in [0.3, 0.4) is 0 Å². The predicted molar refractivity (Wildman–Crippen MR) is 91.8 cm³/mol. The van der Waals surface area contributed by atoms with Crippen molar-refractivity contribution in [2.45, 2.75) is 18.7 Å². The Labute approximate surface area is 144 Å². The van der Waals surface area contributed by atoms with Crippen LogP contribution in [0.5, 0.6) is 5.75 Å². The molecule has 0 saturated heterocycles. The molecule has 1 amide bonds. The maximum atomic E-state index is 12.8. The van der Waals surface area contributed by atoms with Crippen LogP contribution < -0.4 is 4.74 Å². The van der Waals surface area contributed by atoms with E-state index < -0.39 is 10.0 Å². The number of aryl methyl sites for hydroxylation is 2. The average Bonchev–Trinajstić information content (AvgIpc) is 2.49. The van der Waals surface area contributed by atoms with Gasteiger partial charge in [0.25, 0.3) is 0 Å². The summed E-state index contributed by atoms with van der Waals surface area (Å²) < 4.78 is 37.2. The van der Waals surface area contributed by atoms with Gasteiger partial charge in [-0.15, -0.1) is 0 Å². The first kappa shape index (κ1) is 20.4. The van der Waals surface area contributed by atoms with Crippen molar-refractivity contribution in [3.05, 3.63) is 23.3 Å². The van der Waals surface area contributed by atoms with E-state index in [1.54, 1.807) is 47.2 Å². The maximum absolute atomic E-state index is 12.8. The average molecular weight is 358 g/mol. The van der Waals surface area contributed by atoms with Crippen molar-refractivity contribution in [2.75, 3.05) is 48.0 Å². The van der Waals surface area contributed by atoms with Crippen molar-refractivity contribution in [3.8, 4) is 5.75 Å². The lowest BCUT2D eigenvalue weighted by Gasteiger charge is -2.20. The molecule has 0 aliphatic heterocycles. The molecule has 136 valence electrons. The van der Waals surface area contributed by atoms with Crippen LogP contribution in [0.4, 0.5) is 0 Å². The van der Waals surface area contributed by atoms with E-state index in [4.69, 9.17) is 9.47 Å². The fraction of sp³-hybridized carbons (Fsp3) is 0.562. The van der Waals surface area contributed by atoms with Gasteiger partial charge in [-0.1, -0.05) is 0 Å². The molecule has 1 aromatic carbocycles. The Bertz CT molecular complexity index is 663. The van der Waals surface area contributed by atoms with E-state index in [2.05, 4.69) is 0 Å². The highest BCUT2D eigenvalue weighted by atomic mass is 32.2. The minimum Gasteiger partial charge on any atom is -0.497 e. The van der Waals surface area contributed by atoms with Gasteiger partial charge in [0.2, 0.25) is 15.9 Å². The first-order chi connectivity index (χ1) is 11.1. The van der Waals surface area contributed by atoms with Crippen molar-refractivity contribution in [2.24, 2.45) is 0 Å². The van der Waals surface area contributed by atoms with Crippen LogP contribution in [-0.4, -0.2) is 71.5 Å². The molecule has 0 N–H and O–H groups in total. The number of methoxy groups -OCH3 is 1. The van der Waals surface area contributed by atoms with E-state index in [1.807, 2.05) is 0 Å². The third-order valence-electron chi connectivity index (χ3n) is 3.61. The lowest BCUT2D eigenvalue weighted by atomic mass is 10.1. The zero-order valence-corrected chi connectivity index (χ0v) is 15.9. The molecule has 0 saturated carbocycles. The molecule has 0 aliphatic carbocycles. The standard InChI is InChI=1S/C16H26N2O5S/c1-12-9-14(22-6)10-13(2)16(12)24(20,21)18(5)7-8-23-11-15(19)17(3)4/h9-10H,7-8,11H2,1-6H3. The van der Waals surface area contributed by atoms with Gasteiger partial charge in [-0.3, -0.25) is 4.79 Å². The van der Waals surface area contributed by atoms with Crippen LogP contribution >= 0.6 is 0 Å². The molecule has 1 aromatic rings. The number of benzene rings is 1. The fourth-order valence-corrected chi connectivity index (χ4v) is 3.75. The molecule has 0 aromatic heterocycles. The topological polar surface area (TPSA) is 76.1 Å². The summed E-state index contributed by atoms with van der Waals surface area (Å²) in [5.74, 6) is 0.458. The van der Waals surface area contributed by atoms with Gasteiger partial charge in [0.05, 0.1) is 18.6 Å². The smallest absolute Gasteiger partial charge is 0.248 e. The summed E-state index contributed by atoms with van der Waals surface area (Å²) in [6, 6.07) is 3.39. The second kappa shape index (κ2) is 8.46. The molecule has 0 unspecified atom stereocenters. The van der Waals surface area contributed by atoms with E-state index in [0.717, 1.165) is 0 Å². The van der Waals surface area contributed by atoms with Crippen molar-refractivity contribution in [1.29, 1.82) is 0 Å². The lowest BCUT2D eigenvalue weighted by molar-refractivity contribution is -0.133. The Morgan fingerprint density at radius 1 is 1.12 bits per heavy atom. The van der Waals surface area contributed by atoms with Crippen molar-refractivity contribution >= 4 is 15.9 Å². The first-order valence-corrected chi connectivity index (χ1v) is 8.94. The summed E-state index contributed by atoms with van der Waals surface area (Å²) in [5.41, 5.74) is 1.25. The number of likely N-dealkylation sites (N-methyl/N-ethyl adjacent to an activating group) is 2. The number of carbonyl (C=O) groups excluding carboxylic acids is 1. The molecule has 0 atom stereocenters. The van der Waals surface area contributed by atoms with Crippen LogP contribution in [0.2, 0.25) is 0 Å². The maximum Gasteiger partial charge on any atom is 0.248 e. The highest BCUT2D eigenvalue weighted by Gasteiger charge is 2.25. The van der Waals surface area contributed by atoms with Crippen LogP contribution in [0, 0.1) is 13.8 Å². The molecule has 0 heterocycles. The third-order valence-corrected chi connectivity index (χ3v) is 5.78. The van der Waals surface area contributed by atoms with Gasteiger partial charge in [0.1, 0.15) is 12.4 Å². The van der Waals surface area contributed by atoms with Gasteiger partial charge in [0, 0.05) is 27.7 Å². The van der Waals surface area contributed by atoms with E-state index >= 15 is 0 Å².